The Bertz CT molecular complexity index is 410. The molecule has 0 aromatic heterocycles. The Morgan fingerprint density at radius 1 is 1.28 bits per heavy atom. The summed E-state index contributed by atoms with van der Waals surface area (Å²) in [6, 6.07) is 5.45. The molecule has 0 saturated carbocycles. The van der Waals surface area contributed by atoms with Gasteiger partial charge in [0.25, 0.3) is 0 Å². The average molecular weight is 290 g/mol. The molecule has 0 unspecified atom stereocenters. The molecule has 0 fully saturated rings. The summed E-state index contributed by atoms with van der Waals surface area (Å²) in [6.07, 6.45) is 0.487. The van der Waals surface area contributed by atoms with Crippen LogP contribution in [0.5, 0.6) is 0 Å². The number of hydrogen-bond acceptors (Lipinski definition) is 3. The molecule has 1 aromatic rings. The minimum atomic E-state index is 0.0687. The molecule has 0 radical (unpaired) electrons. The van der Waals surface area contributed by atoms with Crippen LogP contribution in [0, 0.1) is 0 Å². The van der Waals surface area contributed by atoms with E-state index in [9.17, 15) is 4.79 Å². The predicted octanol–water partition coefficient (Wildman–Crippen LogP) is 2.77. The summed E-state index contributed by atoms with van der Waals surface area (Å²) < 4.78 is 0. The van der Waals surface area contributed by atoms with Crippen molar-refractivity contribution in [3.63, 3.8) is 0 Å². The summed E-state index contributed by atoms with van der Waals surface area (Å²) in [5.41, 5.74) is 1.02. The summed E-state index contributed by atoms with van der Waals surface area (Å²) in [5.74, 6) is 0.145. The molecule has 0 saturated heterocycles. The maximum absolute atomic E-state index is 11.0. The molecule has 0 spiro atoms. The third kappa shape index (κ3) is 5.36. The lowest BCUT2D eigenvalue weighted by Crippen LogP contribution is -2.28. The van der Waals surface area contributed by atoms with E-state index in [0.717, 1.165) is 5.56 Å². The third-order valence-corrected chi connectivity index (χ3v) is 3.33. The molecule has 18 heavy (non-hydrogen) atoms. The molecule has 0 heterocycles. The van der Waals surface area contributed by atoms with Gasteiger partial charge in [0.15, 0.2) is 0 Å². The van der Waals surface area contributed by atoms with E-state index in [1.807, 2.05) is 17.0 Å². The van der Waals surface area contributed by atoms with Crippen molar-refractivity contribution >= 4 is 29.0 Å². The SMILES string of the molecule is CC(=O)CCN(CCO)Cc1ccc(Cl)c(Cl)c1. The number of Topliss-reactive ketones (excluding diaryl/α,β-unsaturated/α-hetero) is 1. The molecule has 1 N–H and O–H groups in total. The van der Waals surface area contributed by atoms with Gasteiger partial charge in [0.2, 0.25) is 0 Å². The second-order valence-electron chi connectivity index (χ2n) is 4.20. The van der Waals surface area contributed by atoms with Crippen molar-refractivity contribution < 1.29 is 9.90 Å². The van der Waals surface area contributed by atoms with Crippen molar-refractivity contribution in [3.8, 4) is 0 Å². The molecule has 0 aliphatic rings. The summed E-state index contributed by atoms with van der Waals surface area (Å²) in [7, 11) is 0. The molecule has 3 nitrogen and oxygen atoms in total. The number of aliphatic hydroxyl groups is 1. The van der Waals surface area contributed by atoms with Gasteiger partial charge in [-0.2, -0.15) is 0 Å². The standard InChI is InChI=1S/C13H17Cl2NO2/c1-10(18)4-5-16(6-7-17)9-11-2-3-12(14)13(15)8-11/h2-3,8,17H,4-7,9H2,1H3. The van der Waals surface area contributed by atoms with Crippen molar-refractivity contribution in [2.24, 2.45) is 0 Å². The van der Waals surface area contributed by atoms with E-state index >= 15 is 0 Å². The highest BCUT2D eigenvalue weighted by atomic mass is 35.5. The summed E-state index contributed by atoms with van der Waals surface area (Å²) in [6.45, 7) is 3.45. The van der Waals surface area contributed by atoms with Crippen LogP contribution in [0.1, 0.15) is 18.9 Å². The van der Waals surface area contributed by atoms with E-state index in [2.05, 4.69) is 0 Å². The zero-order valence-corrected chi connectivity index (χ0v) is 11.8. The van der Waals surface area contributed by atoms with Crippen LogP contribution in [-0.4, -0.2) is 35.5 Å². The van der Waals surface area contributed by atoms with Gasteiger partial charge in [0.1, 0.15) is 5.78 Å². The Balaban J connectivity index is 2.63. The molecule has 100 valence electrons. The van der Waals surface area contributed by atoms with Gasteiger partial charge in [-0.15, -0.1) is 0 Å². The topological polar surface area (TPSA) is 40.5 Å². The first kappa shape index (κ1) is 15.4. The largest absolute Gasteiger partial charge is 0.395 e. The third-order valence-electron chi connectivity index (χ3n) is 2.59. The predicted molar refractivity (Wildman–Crippen MR) is 74.1 cm³/mol. The first-order valence-corrected chi connectivity index (χ1v) is 6.55. The van der Waals surface area contributed by atoms with E-state index < -0.39 is 0 Å². The van der Waals surface area contributed by atoms with Crippen LogP contribution in [0.3, 0.4) is 0 Å². The van der Waals surface area contributed by atoms with Gasteiger partial charge in [-0.1, -0.05) is 29.3 Å². The lowest BCUT2D eigenvalue weighted by molar-refractivity contribution is -0.117. The van der Waals surface area contributed by atoms with Crippen molar-refractivity contribution in [1.29, 1.82) is 0 Å². The first-order chi connectivity index (χ1) is 8.52. The lowest BCUT2D eigenvalue weighted by Gasteiger charge is -2.21. The van der Waals surface area contributed by atoms with Gasteiger partial charge in [0, 0.05) is 26.1 Å². The van der Waals surface area contributed by atoms with Gasteiger partial charge < -0.3 is 5.11 Å². The fourth-order valence-corrected chi connectivity index (χ4v) is 1.94. The number of rotatable bonds is 7. The average Bonchev–Trinajstić information content (AvgIpc) is 2.31. The zero-order valence-electron chi connectivity index (χ0n) is 10.3. The second-order valence-corrected chi connectivity index (χ2v) is 5.01. The molecule has 0 bridgehead atoms. The van der Waals surface area contributed by atoms with Gasteiger partial charge in [-0.3, -0.25) is 9.69 Å². The monoisotopic (exact) mass is 289 g/mol. The lowest BCUT2D eigenvalue weighted by atomic mass is 10.2. The highest BCUT2D eigenvalue weighted by Gasteiger charge is 2.08. The summed E-state index contributed by atoms with van der Waals surface area (Å²) in [5, 5.41) is 10.0. The summed E-state index contributed by atoms with van der Waals surface area (Å²) >= 11 is 11.8. The molecule has 0 aliphatic carbocycles. The Hall–Kier alpha value is -0.610. The number of aliphatic hydroxyl groups excluding tert-OH is 1. The number of hydrogen-bond donors (Lipinski definition) is 1. The number of carbonyl (C=O) groups is 1. The van der Waals surface area contributed by atoms with Crippen molar-refractivity contribution in [2.45, 2.75) is 19.9 Å². The van der Waals surface area contributed by atoms with Gasteiger partial charge in [-0.25, -0.2) is 0 Å². The van der Waals surface area contributed by atoms with E-state index in [1.165, 1.54) is 0 Å². The van der Waals surface area contributed by atoms with E-state index in [-0.39, 0.29) is 12.4 Å². The van der Waals surface area contributed by atoms with Crippen LogP contribution in [0.25, 0.3) is 0 Å². The molecule has 0 amide bonds. The Kier molecular flexibility index (Phi) is 6.65. The van der Waals surface area contributed by atoms with Crippen LogP contribution in [0.2, 0.25) is 10.0 Å². The Morgan fingerprint density at radius 2 is 2.00 bits per heavy atom. The highest BCUT2D eigenvalue weighted by molar-refractivity contribution is 6.42. The first-order valence-electron chi connectivity index (χ1n) is 5.79. The number of ketones is 1. The van der Waals surface area contributed by atoms with E-state index in [0.29, 0.717) is 36.1 Å². The molecular weight excluding hydrogens is 273 g/mol. The fraction of sp³-hybridized carbons (Fsp3) is 0.462. The summed E-state index contributed by atoms with van der Waals surface area (Å²) in [4.78, 5) is 13.0. The van der Waals surface area contributed by atoms with Crippen molar-refractivity contribution in [2.75, 3.05) is 19.7 Å². The molecular formula is C13H17Cl2NO2. The smallest absolute Gasteiger partial charge is 0.131 e. The number of benzene rings is 1. The fourth-order valence-electron chi connectivity index (χ4n) is 1.62. The minimum Gasteiger partial charge on any atom is -0.395 e. The minimum absolute atomic E-state index is 0.0687. The number of carbonyl (C=O) groups excluding carboxylic acids is 1. The highest BCUT2D eigenvalue weighted by Crippen LogP contribution is 2.23. The van der Waals surface area contributed by atoms with Gasteiger partial charge in [-0.05, 0) is 24.6 Å². The molecule has 0 aliphatic heterocycles. The number of halogens is 2. The Morgan fingerprint density at radius 3 is 2.56 bits per heavy atom. The molecule has 1 aromatic carbocycles. The normalized spacial score (nSPS) is 10.9. The van der Waals surface area contributed by atoms with Gasteiger partial charge >= 0.3 is 0 Å². The maximum Gasteiger partial charge on any atom is 0.131 e. The van der Waals surface area contributed by atoms with Gasteiger partial charge in [0.05, 0.1) is 16.7 Å². The van der Waals surface area contributed by atoms with Crippen LogP contribution < -0.4 is 0 Å². The molecule has 1 rings (SSSR count). The Labute approximate surface area is 117 Å². The molecule has 0 atom stereocenters. The quantitative estimate of drug-likeness (QED) is 0.839. The van der Waals surface area contributed by atoms with Crippen molar-refractivity contribution in [3.05, 3.63) is 33.8 Å². The second kappa shape index (κ2) is 7.74. The maximum atomic E-state index is 11.0. The van der Waals surface area contributed by atoms with E-state index in [4.69, 9.17) is 28.3 Å². The van der Waals surface area contributed by atoms with Crippen LogP contribution in [0.4, 0.5) is 0 Å². The van der Waals surface area contributed by atoms with E-state index in [1.54, 1.807) is 13.0 Å². The zero-order chi connectivity index (χ0) is 13.5. The number of nitrogens with zero attached hydrogens (tertiary/aromatic N) is 1. The van der Waals surface area contributed by atoms with Crippen molar-refractivity contribution in [1.82, 2.24) is 4.90 Å². The van der Waals surface area contributed by atoms with Crippen LogP contribution in [0.15, 0.2) is 18.2 Å². The van der Waals surface area contributed by atoms with Crippen LogP contribution in [-0.2, 0) is 11.3 Å². The van der Waals surface area contributed by atoms with Crippen LogP contribution >= 0.6 is 23.2 Å². The molecule has 5 heteroatoms.